The van der Waals surface area contributed by atoms with E-state index in [0.717, 1.165) is 12.3 Å². The summed E-state index contributed by atoms with van der Waals surface area (Å²) >= 11 is 0. The summed E-state index contributed by atoms with van der Waals surface area (Å²) in [6.07, 6.45) is -1.96. The number of hydrogen-bond acceptors (Lipinski definition) is 4. The van der Waals surface area contributed by atoms with Gasteiger partial charge in [0.2, 0.25) is 0 Å². The average molecular weight is 349 g/mol. The standard InChI is InChI=1S/C16H14F3N5O/c1-3-23(12-5-4-7-20-10(12)2)15(25)11-9-14-21-8-6-13(16(17,18)19)24(14)22-11/h4-9H,3H2,1-2H3. The lowest BCUT2D eigenvalue weighted by Gasteiger charge is -2.21. The molecule has 0 unspecified atom stereocenters. The maximum atomic E-state index is 13.1. The molecule has 0 saturated heterocycles. The van der Waals surface area contributed by atoms with E-state index in [1.54, 1.807) is 32.2 Å². The van der Waals surface area contributed by atoms with Crippen LogP contribution < -0.4 is 4.90 Å². The van der Waals surface area contributed by atoms with Crippen LogP contribution in [-0.2, 0) is 6.18 Å². The van der Waals surface area contributed by atoms with Gasteiger partial charge in [0.05, 0.1) is 11.4 Å². The Morgan fingerprint density at radius 2 is 2.00 bits per heavy atom. The SMILES string of the molecule is CCN(C(=O)c1cc2nccc(C(F)(F)F)n2n1)c1cccnc1C. The Bertz CT molecular complexity index is 935. The first-order valence-corrected chi connectivity index (χ1v) is 7.48. The summed E-state index contributed by atoms with van der Waals surface area (Å²) in [7, 11) is 0. The quantitative estimate of drug-likeness (QED) is 0.729. The molecule has 0 saturated carbocycles. The number of nitrogens with zero attached hydrogens (tertiary/aromatic N) is 5. The van der Waals surface area contributed by atoms with Gasteiger partial charge < -0.3 is 4.90 Å². The number of aromatic nitrogens is 4. The molecule has 25 heavy (non-hydrogen) atoms. The van der Waals surface area contributed by atoms with E-state index in [4.69, 9.17) is 0 Å². The van der Waals surface area contributed by atoms with Crippen LogP contribution in [0, 0.1) is 6.92 Å². The Morgan fingerprint density at radius 3 is 2.64 bits per heavy atom. The lowest BCUT2D eigenvalue weighted by Crippen LogP contribution is -2.31. The second kappa shape index (κ2) is 6.15. The molecule has 0 atom stereocenters. The largest absolute Gasteiger partial charge is 0.433 e. The first-order valence-electron chi connectivity index (χ1n) is 7.48. The molecule has 0 aliphatic rings. The van der Waals surface area contributed by atoms with Crippen molar-refractivity contribution in [2.45, 2.75) is 20.0 Å². The van der Waals surface area contributed by atoms with E-state index in [0.29, 0.717) is 22.4 Å². The minimum Gasteiger partial charge on any atom is -0.305 e. The lowest BCUT2D eigenvalue weighted by molar-refractivity contribution is -0.142. The maximum Gasteiger partial charge on any atom is 0.433 e. The van der Waals surface area contributed by atoms with Crippen molar-refractivity contribution in [3.8, 4) is 0 Å². The number of halogens is 3. The molecule has 3 aromatic rings. The van der Waals surface area contributed by atoms with Crippen molar-refractivity contribution in [3.05, 3.63) is 53.7 Å². The number of hydrogen-bond donors (Lipinski definition) is 0. The minimum absolute atomic E-state index is 0.0443. The molecule has 0 radical (unpaired) electrons. The lowest BCUT2D eigenvalue weighted by atomic mass is 10.2. The van der Waals surface area contributed by atoms with Gasteiger partial charge in [-0.25, -0.2) is 9.50 Å². The summed E-state index contributed by atoms with van der Waals surface area (Å²) in [5.41, 5.74) is 0.0650. The molecule has 9 heteroatoms. The van der Waals surface area contributed by atoms with Crippen molar-refractivity contribution >= 4 is 17.2 Å². The van der Waals surface area contributed by atoms with Crippen molar-refractivity contribution < 1.29 is 18.0 Å². The molecule has 0 spiro atoms. The van der Waals surface area contributed by atoms with Gasteiger partial charge >= 0.3 is 6.18 Å². The molecule has 3 aromatic heterocycles. The van der Waals surface area contributed by atoms with Crippen molar-refractivity contribution in [2.75, 3.05) is 11.4 Å². The van der Waals surface area contributed by atoms with E-state index in [2.05, 4.69) is 15.1 Å². The zero-order chi connectivity index (χ0) is 18.2. The van der Waals surface area contributed by atoms with Crippen LogP contribution in [0.4, 0.5) is 18.9 Å². The van der Waals surface area contributed by atoms with Crippen LogP contribution in [0.5, 0.6) is 0 Å². The van der Waals surface area contributed by atoms with Gasteiger partial charge in [-0.3, -0.25) is 9.78 Å². The van der Waals surface area contributed by atoms with E-state index in [-0.39, 0.29) is 11.3 Å². The number of aryl methyl sites for hydroxylation is 1. The van der Waals surface area contributed by atoms with Crippen LogP contribution in [0.25, 0.3) is 5.65 Å². The molecule has 130 valence electrons. The summed E-state index contributed by atoms with van der Waals surface area (Å²) < 4.78 is 39.9. The number of alkyl halides is 3. The van der Waals surface area contributed by atoms with Crippen LogP contribution in [0.2, 0.25) is 0 Å². The third-order valence-corrected chi connectivity index (χ3v) is 3.70. The zero-order valence-electron chi connectivity index (χ0n) is 13.4. The molecule has 0 fully saturated rings. The summed E-state index contributed by atoms with van der Waals surface area (Å²) in [5, 5.41) is 3.83. The van der Waals surface area contributed by atoms with Gasteiger partial charge in [0.25, 0.3) is 5.91 Å². The van der Waals surface area contributed by atoms with E-state index >= 15 is 0 Å². The molecular formula is C16H14F3N5O. The molecule has 3 heterocycles. The van der Waals surface area contributed by atoms with Crippen molar-refractivity contribution in [1.82, 2.24) is 19.6 Å². The highest BCUT2D eigenvalue weighted by molar-refractivity contribution is 6.05. The molecule has 1 amide bonds. The second-order valence-electron chi connectivity index (χ2n) is 5.28. The Hall–Kier alpha value is -2.97. The fourth-order valence-electron chi connectivity index (χ4n) is 2.54. The van der Waals surface area contributed by atoms with Crippen molar-refractivity contribution in [1.29, 1.82) is 0 Å². The van der Waals surface area contributed by atoms with Crippen molar-refractivity contribution in [2.24, 2.45) is 0 Å². The molecule has 0 bridgehead atoms. The fraction of sp³-hybridized carbons (Fsp3) is 0.250. The normalized spacial score (nSPS) is 11.7. The topological polar surface area (TPSA) is 63.4 Å². The Kier molecular flexibility index (Phi) is 4.15. The third kappa shape index (κ3) is 3.04. The molecular weight excluding hydrogens is 335 g/mol. The summed E-state index contributed by atoms with van der Waals surface area (Å²) in [4.78, 5) is 22.2. The van der Waals surface area contributed by atoms with Gasteiger partial charge in [0.15, 0.2) is 11.3 Å². The van der Waals surface area contributed by atoms with E-state index < -0.39 is 17.8 Å². The van der Waals surface area contributed by atoms with Gasteiger partial charge in [0, 0.05) is 25.0 Å². The van der Waals surface area contributed by atoms with Gasteiger partial charge in [-0.2, -0.15) is 18.3 Å². The predicted octanol–water partition coefficient (Wildman–Crippen LogP) is 3.12. The highest BCUT2D eigenvalue weighted by Crippen LogP contribution is 2.29. The van der Waals surface area contributed by atoms with Crippen LogP contribution in [-0.4, -0.2) is 32.0 Å². The number of carbonyl (C=O) groups excluding carboxylic acids is 1. The van der Waals surface area contributed by atoms with E-state index in [1.807, 2.05) is 0 Å². The summed E-state index contributed by atoms with van der Waals surface area (Å²) in [6.45, 7) is 3.83. The van der Waals surface area contributed by atoms with Crippen molar-refractivity contribution in [3.63, 3.8) is 0 Å². The second-order valence-corrected chi connectivity index (χ2v) is 5.28. The molecule has 6 nitrogen and oxygen atoms in total. The highest BCUT2D eigenvalue weighted by atomic mass is 19.4. The molecule has 0 aliphatic heterocycles. The first kappa shape index (κ1) is 16.9. The highest BCUT2D eigenvalue weighted by Gasteiger charge is 2.35. The smallest absolute Gasteiger partial charge is 0.305 e. The number of anilines is 1. The van der Waals surface area contributed by atoms with Gasteiger partial charge in [-0.05, 0) is 32.0 Å². The van der Waals surface area contributed by atoms with Crippen LogP contribution in [0.1, 0.15) is 28.8 Å². The van der Waals surface area contributed by atoms with Gasteiger partial charge in [-0.1, -0.05) is 0 Å². The monoisotopic (exact) mass is 349 g/mol. The molecule has 0 aliphatic carbocycles. The number of carbonyl (C=O) groups is 1. The molecule has 3 rings (SSSR count). The summed E-state index contributed by atoms with van der Waals surface area (Å²) in [6, 6.07) is 5.47. The first-order chi connectivity index (χ1) is 11.8. The number of pyridine rings is 1. The maximum absolute atomic E-state index is 13.1. The zero-order valence-corrected chi connectivity index (χ0v) is 13.4. The average Bonchev–Trinajstić information content (AvgIpc) is 3.00. The van der Waals surface area contributed by atoms with Crippen LogP contribution >= 0.6 is 0 Å². The number of fused-ring (bicyclic) bond motifs is 1. The third-order valence-electron chi connectivity index (χ3n) is 3.70. The number of rotatable bonds is 3. The Morgan fingerprint density at radius 1 is 1.24 bits per heavy atom. The van der Waals surface area contributed by atoms with Gasteiger partial charge in [0.1, 0.15) is 5.69 Å². The molecule has 0 aromatic carbocycles. The predicted molar refractivity (Wildman–Crippen MR) is 84.3 cm³/mol. The number of amides is 1. The molecule has 0 N–H and O–H groups in total. The van der Waals surface area contributed by atoms with Gasteiger partial charge in [-0.15, -0.1) is 0 Å². The Balaban J connectivity index is 2.07. The van der Waals surface area contributed by atoms with E-state index in [1.165, 1.54) is 11.0 Å². The van der Waals surface area contributed by atoms with Crippen LogP contribution in [0.15, 0.2) is 36.7 Å². The van der Waals surface area contributed by atoms with E-state index in [9.17, 15) is 18.0 Å². The Labute approximate surface area is 140 Å². The van der Waals surface area contributed by atoms with Crippen LogP contribution in [0.3, 0.4) is 0 Å². The minimum atomic E-state index is -4.60. The fourth-order valence-corrected chi connectivity index (χ4v) is 2.54. The summed E-state index contributed by atoms with van der Waals surface area (Å²) in [5.74, 6) is -0.516.